The lowest BCUT2D eigenvalue weighted by atomic mass is 9.82. The van der Waals surface area contributed by atoms with Crippen molar-refractivity contribution in [1.82, 2.24) is 10.1 Å². The molecular weight excluding hydrogens is 232 g/mol. The lowest BCUT2D eigenvalue weighted by Gasteiger charge is -2.23. The molecule has 0 aliphatic heterocycles. The molecule has 2 atom stereocenters. The minimum Gasteiger partial charge on any atom is -0.481 e. The second-order valence-electron chi connectivity index (χ2n) is 5.26. The zero-order valence-electron chi connectivity index (χ0n) is 10.8. The van der Waals surface area contributed by atoms with Gasteiger partial charge in [0.25, 0.3) is 0 Å². The Morgan fingerprint density at radius 3 is 3.06 bits per heavy atom. The Labute approximate surface area is 107 Å². The predicted octanol–water partition coefficient (Wildman–Crippen LogP) is 2.77. The van der Waals surface area contributed by atoms with Crippen LogP contribution in [0, 0.1) is 5.92 Å². The maximum Gasteiger partial charge on any atom is 0.303 e. The van der Waals surface area contributed by atoms with Gasteiger partial charge in [0.15, 0.2) is 5.82 Å². The van der Waals surface area contributed by atoms with Crippen LogP contribution in [0.25, 0.3) is 0 Å². The Balaban J connectivity index is 1.87. The zero-order valence-corrected chi connectivity index (χ0v) is 10.8. The summed E-state index contributed by atoms with van der Waals surface area (Å²) < 4.78 is 5.18. The van der Waals surface area contributed by atoms with Crippen molar-refractivity contribution in [3.63, 3.8) is 0 Å². The van der Waals surface area contributed by atoms with Crippen molar-refractivity contribution in [2.45, 2.75) is 57.8 Å². The van der Waals surface area contributed by atoms with Gasteiger partial charge in [-0.15, -0.1) is 0 Å². The van der Waals surface area contributed by atoms with Gasteiger partial charge in [-0.3, -0.25) is 4.79 Å². The van der Waals surface area contributed by atoms with E-state index in [0.717, 1.165) is 24.6 Å². The molecule has 0 saturated heterocycles. The van der Waals surface area contributed by atoms with Crippen LogP contribution >= 0.6 is 0 Å². The maximum atomic E-state index is 10.4. The first-order chi connectivity index (χ1) is 8.65. The normalized spacial score (nSPS) is 24.1. The van der Waals surface area contributed by atoms with Crippen molar-refractivity contribution >= 4 is 5.97 Å². The number of aromatic nitrogens is 2. The Bertz CT molecular complexity index is 403. The molecule has 1 heterocycles. The average Bonchev–Trinajstić information content (AvgIpc) is 2.77. The molecule has 1 saturated carbocycles. The first-order valence-electron chi connectivity index (χ1n) is 6.69. The van der Waals surface area contributed by atoms with Crippen LogP contribution < -0.4 is 0 Å². The first-order valence-corrected chi connectivity index (χ1v) is 6.69. The minimum atomic E-state index is -0.782. The van der Waals surface area contributed by atoms with E-state index in [2.05, 4.69) is 17.1 Å². The number of rotatable bonds is 5. The van der Waals surface area contributed by atoms with E-state index in [1.165, 1.54) is 12.8 Å². The topological polar surface area (TPSA) is 76.2 Å². The zero-order chi connectivity index (χ0) is 13.0. The summed E-state index contributed by atoms with van der Waals surface area (Å²) in [7, 11) is 0. The average molecular weight is 252 g/mol. The highest BCUT2D eigenvalue weighted by atomic mass is 16.5. The van der Waals surface area contributed by atoms with Gasteiger partial charge in [0.2, 0.25) is 5.89 Å². The van der Waals surface area contributed by atoms with Crippen LogP contribution in [0.2, 0.25) is 0 Å². The minimum absolute atomic E-state index is 0.151. The molecule has 1 aromatic heterocycles. The van der Waals surface area contributed by atoms with Gasteiger partial charge in [0.1, 0.15) is 0 Å². The van der Waals surface area contributed by atoms with Crippen LogP contribution in [-0.2, 0) is 11.2 Å². The number of nitrogens with zero attached hydrogens (tertiary/aromatic N) is 2. The second-order valence-corrected chi connectivity index (χ2v) is 5.26. The van der Waals surface area contributed by atoms with Gasteiger partial charge in [-0.25, -0.2) is 0 Å². The van der Waals surface area contributed by atoms with E-state index < -0.39 is 5.97 Å². The Kier molecular flexibility index (Phi) is 4.33. The molecule has 1 aliphatic rings. The lowest BCUT2D eigenvalue weighted by Crippen LogP contribution is -2.12. The Morgan fingerprint density at radius 2 is 2.33 bits per heavy atom. The number of aliphatic carboxylic acids is 1. The lowest BCUT2D eigenvalue weighted by molar-refractivity contribution is -0.137. The van der Waals surface area contributed by atoms with Gasteiger partial charge in [0, 0.05) is 18.8 Å². The number of carboxylic acid groups (broad SMARTS) is 1. The highest BCUT2D eigenvalue weighted by Crippen LogP contribution is 2.34. The van der Waals surface area contributed by atoms with E-state index in [-0.39, 0.29) is 6.42 Å². The summed E-state index contributed by atoms with van der Waals surface area (Å²) in [6.07, 6.45) is 6.05. The summed E-state index contributed by atoms with van der Waals surface area (Å²) in [4.78, 5) is 14.8. The quantitative estimate of drug-likeness (QED) is 0.872. The third-order valence-electron chi connectivity index (χ3n) is 3.57. The second kappa shape index (κ2) is 5.98. The molecule has 5 nitrogen and oxygen atoms in total. The van der Waals surface area contributed by atoms with Crippen LogP contribution in [-0.4, -0.2) is 21.2 Å². The molecule has 2 unspecified atom stereocenters. The molecule has 2 rings (SSSR count). The van der Waals surface area contributed by atoms with E-state index >= 15 is 0 Å². The number of carbonyl (C=O) groups is 1. The van der Waals surface area contributed by atoms with E-state index in [4.69, 9.17) is 9.63 Å². The fraction of sp³-hybridized carbons (Fsp3) is 0.769. The molecule has 1 fully saturated rings. The molecular formula is C13H20N2O3. The maximum absolute atomic E-state index is 10.4. The summed E-state index contributed by atoms with van der Waals surface area (Å²) in [5, 5.41) is 12.6. The molecule has 1 aliphatic carbocycles. The number of hydrogen-bond donors (Lipinski definition) is 1. The summed E-state index contributed by atoms with van der Waals surface area (Å²) >= 11 is 0. The molecule has 0 bridgehead atoms. The highest BCUT2D eigenvalue weighted by molar-refractivity contribution is 5.66. The van der Waals surface area contributed by atoms with E-state index in [1.54, 1.807) is 0 Å². The van der Waals surface area contributed by atoms with Crippen molar-refractivity contribution in [1.29, 1.82) is 0 Å². The monoisotopic (exact) mass is 252 g/mol. The summed E-state index contributed by atoms with van der Waals surface area (Å²) in [5.74, 6) is 1.76. The molecule has 5 heteroatoms. The van der Waals surface area contributed by atoms with Crippen LogP contribution in [0.1, 0.15) is 63.1 Å². The van der Waals surface area contributed by atoms with Crippen molar-refractivity contribution in [2.24, 2.45) is 5.92 Å². The van der Waals surface area contributed by atoms with E-state index in [9.17, 15) is 4.79 Å². The molecule has 0 amide bonds. The number of carboxylic acids is 1. The third kappa shape index (κ3) is 3.55. The van der Waals surface area contributed by atoms with Gasteiger partial charge in [-0.05, 0) is 25.2 Å². The van der Waals surface area contributed by atoms with Gasteiger partial charge in [-0.2, -0.15) is 4.98 Å². The van der Waals surface area contributed by atoms with Crippen LogP contribution in [0.3, 0.4) is 0 Å². The number of hydrogen-bond acceptors (Lipinski definition) is 4. The molecule has 18 heavy (non-hydrogen) atoms. The summed E-state index contributed by atoms with van der Waals surface area (Å²) in [5.41, 5.74) is 0. The summed E-state index contributed by atoms with van der Waals surface area (Å²) in [6.45, 7) is 2.26. The fourth-order valence-electron chi connectivity index (χ4n) is 2.59. The SMILES string of the molecule is CC1CCCC(c2noc(CCCC(=O)O)n2)C1. The smallest absolute Gasteiger partial charge is 0.303 e. The van der Waals surface area contributed by atoms with Gasteiger partial charge in [0.05, 0.1) is 0 Å². The molecule has 0 spiro atoms. The van der Waals surface area contributed by atoms with E-state index in [0.29, 0.717) is 24.7 Å². The van der Waals surface area contributed by atoms with Gasteiger partial charge in [-0.1, -0.05) is 24.9 Å². The van der Waals surface area contributed by atoms with Crippen molar-refractivity contribution in [3.05, 3.63) is 11.7 Å². The summed E-state index contributed by atoms with van der Waals surface area (Å²) in [6, 6.07) is 0. The van der Waals surface area contributed by atoms with Gasteiger partial charge >= 0.3 is 5.97 Å². The van der Waals surface area contributed by atoms with Crippen molar-refractivity contribution in [3.8, 4) is 0 Å². The molecule has 0 radical (unpaired) electrons. The van der Waals surface area contributed by atoms with Crippen molar-refractivity contribution < 1.29 is 14.4 Å². The first kappa shape index (κ1) is 13.1. The van der Waals surface area contributed by atoms with Gasteiger partial charge < -0.3 is 9.63 Å². The molecule has 0 aromatic carbocycles. The van der Waals surface area contributed by atoms with E-state index in [1.807, 2.05) is 0 Å². The van der Waals surface area contributed by atoms with Crippen LogP contribution in [0.15, 0.2) is 4.52 Å². The van der Waals surface area contributed by atoms with Crippen LogP contribution in [0.5, 0.6) is 0 Å². The predicted molar refractivity (Wildman–Crippen MR) is 65.2 cm³/mol. The number of aryl methyl sites for hydroxylation is 1. The standard InChI is InChI=1S/C13H20N2O3/c1-9-4-2-5-10(8-9)13-14-11(18-15-13)6-3-7-12(16)17/h9-10H,2-8H2,1H3,(H,16,17). The molecule has 1 aromatic rings. The molecule has 100 valence electrons. The highest BCUT2D eigenvalue weighted by Gasteiger charge is 2.24. The fourth-order valence-corrected chi connectivity index (χ4v) is 2.59. The third-order valence-corrected chi connectivity index (χ3v) is 3.57. The Morgan fingerprint density at radius 1 is 1.50 bits per heavy atom. The molecule has 1 N–H and O–H groups in total. The Hall–Kier alpha value is -1.39. The largest absolute Gasteiger partial charge is 0.481 e. The van der Waals surface area contributed by atoms with Crippen molar-refractivity contribution in [2.75, 3.05) is 0 Å². The van der Waals surface area contributed by atoms with Crippen LogP contribution in [0.4, 0.5) is 0 Å².